The van der Waals surface area contributed by atoms with E-state index >= 15 is 0 Å². The van der Waals surface area contributed by atoms with Crippen LogP contribution in [0.2, 0.25) is 0 Å². The van der Waals surface area contributed by atoms with Gasteiger partial charge in [-0.25, -0.2) is 4.39 Å². The number of benzene rings is 2. The van der Waals surface area contributed by atoms with Crippen molar-refractivity contribution in [3.05, 3.63) is 59.9 Å². The molecule has 0 radical (unpaired) electrons. The van der Waals surface area contributed by atoms with Crippen molar-refractivity contribution in [3.63, 3.8) is 0 Å². The first-order valence-corrected chi connectivity index (χ1v) is 6.98. The van der Waals surface area contributed by atoms with Crippen molar-refractivity contribution >= 4 is 5.91 Å². The van der Waals surface area contributed by atoms with Gasteiger partial charge in [0.1, 0.15) is 23.9 Å². The van der Waals surface area contributed by atoms with E-state index < -0.39 is 5.82 Å². The normalized spacial score (nSPS) is 10.1. The average molecular weight is 303 g/mol. The van der Waals surface area contributed by atoms with E-state index in [-0.39, 0.29) is 12.5 Å². The molecule has 0 aliphatic heterocycles. The van der Waals surface area contributed by atoms with E-state index in [0.29, 0.717) is 18.9 Å². The standard InChI is InChI=1S/C17H18FNO3/c1-13-4-2-6-15(10-13)21-9-8-19-17(20)12-22-16-7-3-5-14(18)11-16/h2-7,10-11H,8-9,12H2,1H3,(H,19,20). The van der Waals surface area contributed by atoms with Gasteiger partial charge in [-0.05, 0) is 36.8 Å². The molecule has 22 heavy (non-hydrogen) atoms. The summed E-state index contributed by atoms with van der Waals surface area (Å²) < 4.78 is 23.6. The molecule has 2 rings (SSSR count). The van der Waals surface area contributed by atoms with E-state index in [2.05, 4.69) is 5.32 Å². The Morgan fingerprint density at radius 3 is 2.55 bits per heavy atom. The highest BCUT2D eigenvalue weighted by molar-refractivity contribution is 5.77. The average Bonchev–Trinajstić information content (AvgIpc) is 2.50. The van der Waals surface area contributed by atoms with Crippen LogP contribution in [0, 0.1) is 12.7 Å². The van der Waals surface area contributed by atoms with Crippen LogP contribution < -0.4 is 14.8 Å². The number of ether oxygens (including phenoxy) is 2. The molecule has 4 nitrogen and oxygen atoms in total. The number of hydrogen-bond donors (Lipinski definition) is 1. The first-order valence-electron chi connectivity index (χ1n) is 6.98. The summed E-state index contributed by atoms with van der Waals surface area (Å²) in [5, 5.41) is 2.67. The van der Waals surface area contributed by atoms with Gasteiger partial charge in [0.15, 0.2) is 6.61 Å². The van der Waals surface area contributed by atoms with E-state index in [0.717, 1.165) is 11.3 Å². The molecule has 2 aromatic rings. The lowest BCUT2D eigenvalue weighted by Crippen LogP contribution is -2.32. The highest BCUT2D eigenvalue weighted by atomic mass is 19.1. The maximum absolute atomic E-state index is 12.9. The predicted octanol–water partition coefficient (Wildman–Crippen LogP) is 2.71. The van der Waals surface area contributed by atoms with E-state index in [9.17, 15) is 9.18 Å². The number of aryl methyl sites for hydroxylation is 1. The number of carbonyl (C=O) groups is 1. The molecule has 1 amide bonds. The molecule has 0 aromatic heterocycles. The molecular formula is C17H18FNO3. The zero-order valence-electron chi connectivity index (χ0n) is 12.3. The molecule has 0 atom stereocenters. The SMILES string of the molecule is Cc1cccc(OCCNC(=O)COc2cccc(F)c2)c1. The zero-order valence-corrected chi connectivity index (χ0v) is 12.3. The number of rotatable bonds is 7. The van der Waals surface area contributed by atoms with Gasteiger partial charge in [-0.2, -0.15) is 0 Å². The molecule has 1 N–H and O–H groups in total. The second-order valence-corrected chi connectivity index (χ2v) is 4.76. The van der Waals surface area contributed by atoms with Crippen molar-refractivity contribution < 1.29 is 18.7 Å². The van der Waals surface area contributed by atoms with Crippen molar-refractivity contribution in [1.29, 1.82) is 0 Å². The topological polar surface area (TPSA) is 47.6 Å². The van der Waals surface area contributed by atoms with Crippen LogP contribution in [-0.4, -0.2) is 25.7 Å². The molecule has 0 aliphatic carbocycles. The maximum atomic E-state index is 12.9. The Kier molecular flexibility index (Phi) is 5.77. The quantitative estimate of drug-likeness (QED) is 0.800. The molecule has 5 heteroatoms. The lowest BCUT2D eigenvalue weighted by Gasteiger charge is -2.09. The van der Waals surface area contributed by atoms with Crippen LogP contribution in [0.3, 0.4) is 0 Å². The van der Waals surface area contributed by atoms with E-state index in [4.69, 9.17) is 9.47 Å². The summed E-state index contributed by atoms with van der Waals surface area (Å²) >= 11 is 0. The number of amides is 1. The van der Waals surface area contributed by atoms with Crippen molar-refractivity contribution in [2.75, 3.05) is 19.8 Å². The fraction of sp³-hybridized carbons (Fsp3) is 0.235. The molecule has 0 bridgehead atoms. The Morgan fingerprint density at radius 1 is 1.09 bits per heavy atom. The fourth-order valence-corrected chi connectivity index (χ4v) is 1.82. The summed E-state index contributed by atoms with van der Waals surface area (Å²) in [5.41, 5.74) is 1.12. The second kappa shape index (κ2) is 8.02. The maximum Gasteiger partial charge on any atom is 0.258 e. The lowest BCUT2D eigenvalue weighted by atomic mass is 10.2. The molecule has 0 heterocycles. The van der Waals surface area contributed by atoms with Crippen LogP contribution in [0.4, 0.5) is 4.39 Å². The third-order valence-electron chi connectivity index (χ3n) is 2.85. The summed E-state index contributed by atoms with van der Waals surface area (Å²) in [7, 11) is 0. The smallest absolute Gasteiger partial charge is 0.258 e. The molecule has 0 spiro atoms. The summed E-state index contributed by atoms with van der Waals surface area (Å²) in [6, 6.07) is 13.4. The largest absolute Gasteiger partial charge is 0.492 e. The predicted molar refractivity (Wildman–Crippen MR) is 81.6 cm³/mol. The Labute approximate surface area is 128 Å². The molecule has 0 unspecified atom stereocenters. The summed E-state index contributed by atoms with van der Waals surface area (Å²) in [6.45, 7) is 2.57. The van der Waals surface area contributed by atoms with Crippen LogP contribution in [0.25, 0.3) is 0 Å². The zero-order chi connectivity index (χ0) is 15.8. The highest BCUT2D eigenvalue weighted by Gasteiger charge is 2.03. The van der Waals surface area contributed by atoms with E-state index in [1.807, 2.05) is 31.2 Å². The van der Waals surface area contributed by atoms with Gasteiger partial charge < -0.3 is 14.8 Å². The first-order chi connectivity index (χ1) is 10.6. The van der Waals surface area contributed by atoms with Gasteiger partial charge in [0.05, 0.1) is 6.54 Å². The van der Waals surface area contributed by atoms with Gasteiger partial charge in [-0.3, -0.25) is 4.79 Å². The van der Waals surface area contributed by atoms with Gasteiger partial charge in [0.25, 0.3) is 5.91 Å². The van der Waals surface area contributed by atoms with Crippen LogP contribution in [-0.2, 0) is 4.79 Å². The van der Waals surface area contributed by atoms with Crippen LogP contribution >= 0.6 is 0 Å². The molecule has 0 saturated carbocycles. The summed E-state index contributed by atoms with van der Waals surface area (Å²) in [5.74, 6) is 0.415. The number of halogens is 1. The van der Waals surface area contributed by atoms with E-state index in [1.54, 1.807) is 6.07 Å². The minimum absolute atomic E-state index is 0.159. The summed E-state index contributed by atoms with van der Waals surface area (Å²) in [6.07, 6.45) is 0. The second-order valence-electron chi connectivity index (χ2n) is 4.76. The van der Waals surface area contributed by atoms with Gasteiger partial charge in [0.2, 0.25) is 0 Å². The van der Waals surface area contributed by atoms with E-state index in [1.165, 1.54) is 18.2 Å². The van der Waals surface area contributed by atoms with Crippen molar-refractivity contribution in [1.82, 2.24) is 5.32 Å². The molecule has 0 aliphatic rings. The van der Waals surface area contributed by atoms with Crippen molar-refractivity contribution in [2.24, 2.45) is 0 Å². The van der Waals surface area contributed by atoms with Crippen molar-refractivity contribution in [3.8, 4) is 11.5 Å². The fourth-order valence-electron chi connectivity index (χ4n) is 1.82. The Bertz CT molecular complexity index is 631. The van der Waals surface area contributed by atoms with Gasteiger partial charge in [-0.1, -0.05) is 18.2 Å². The third kappa shape index (κ3) is 5.44. The molecule has 0 fully saturated rings. The van der Waals surface area contributed by atoms with Gasteiger partial charge in [-0.15, -0.1) is 0 Å². The highest BCUT2D eigenvalue weighted by Crippen LogP contribution is 2.12. The monoisotopic (exact) mass is 303 g/mol. The number of nitrogens with one attached hydrogen (secondary N) is 1. The molecule has 116 valence electrons. The van der Waals surface area contributed by atoms with Crippen LogP contribution in [0.1, 0.15) is 5.56 Å². The molecule has 2 aromatic carbocycles. The van der Waals surface area contributed by atoms with Crippen molar-refractivity contribution in [2.45, 2.75) is 6.92 Å². The first kappa shape index (κ1) is 15.8. The lowest BCUT2D eigenvalue weighted by molar-refractivity contribution is -0.123. The van der Waals surface area contributed by atoms with Crippen LogP contribution in [0.5, 0.6) is 11.5 Å². The Hall–Kier alpha value is -2.56. The number of carbonyl (C=O) groups excluding carboxylic acids is 1. The number of hydrogen-bond acceptors (Lipinski definition) is 3. The Morgan fingerprint density at radius 2 is 1.82 bits per heavy atom. The Balaban J connectivity index is 1.63. The van der Waals surface area contributed by atoms with Gasteiger partial charge in [0, 0.05) is 6.07 Å². The minimum atomic E-state index is -0.399. The molecule has 0 saturated heterocycles. The third-order valence-corrected chi connectivity index (χ3v) is 2.85. The van der Waals surface area contributed by atoms with Gasteiger partial charge >= 0.3 is 0 Å². The molecular weight excluding hydrogens is 285 g/mol. The minimum Gasteiger partial charge on any atom is -0.492 e. The van der Waals surface area contributed by atoms with Crippen LogP contribution in [0.15, 0.2) is 48.5 Å². The summed E-state index contributed by atoms with van der Waals surface area (Å²) in [4.78, 5) is 11.6.